The number of Topliss-reactive ketones (excluding diaryl/α,β-unsaturated/α-hetero) is 1. The average molecular weight is 534 g/mol. The van der Waals surface area contributed by atoms with E-state index in [1.807, 2.05) is 0 Å². The number of amides is 1. The van der Waals surface area contributed by atoms with Crippen molar-refractivity contribution in [1.29, 1.82) is 0 Å². The number of hydrogen-bond donors (Lipinski definition) is 1. The molecule has 4 rings (SSSR count). The summed E-state index contributed by atoms with van der Waals surface area (Å²) in [5.41, 5.74) is 1.06. The molecule has 1 unspecified atom stereocenters. The maximum atomic E-state index is 13.4. The Morgan fingerprint density at radius 2 is 2.08 bits per heavy atom. The van der Waals surface area contributed by atoms with Crippen LogP contribution in [0.1, 0.15) is 52.3 Å². The summed E-state index contributed by atoms with van der Waals surface area (Å²) >= 11 is 0.931. The van der Waals surface area contributed by atoms with Crippen LogP contribution in [0.15, 0.2) is 67.0 Å². The quantitative estimate of drug-likeness (QED) is 0.0966. The molecule has 0 bridgehead atoms. The molecule has 0 spiro atoms. The van der Waals surface area contributed by atoms with E-state index in [4.69, 9.17) is 9.47 Å². The van der Waals surface area contributed by atoms with E-state index < -0.39 is 23.7 Å². The molecule has 196 valence electrons. The third-order valence-corrected chi connectivity index (χ3v) is 6.96. The number of benzene rings is 1. The minimum atomic E-state index is -1.02. The topological polar surface area (TPSA) is 119 Å². The second kappa shape index (κ2) is 11.8. The van der Waals surface area contributed by atoms with Crippen LogP contribution in [-0.4, -0.2) is 45.9 Å². The van der Waals surface area contributed by atoms with Crippen molar-refractivity contribution >= 4 is 39.9 Å². The number of aliphatic hydroxyl groups excluding tert-OH is 1. The Balaban J connectivity index is 1.81. The second-order valence-corrected chi connectivity index (χ2v) is 9.46. The van der Waals surface area contributed by atoms with Crippen molar-refractivity contribution in [3.63, 3.8) is 0 Å². The van der Waals surface area contributed by atoms with E-state index in [1.165, 1.54) is 17.2 Å². The summed E-state index contributed by atoms with van der Waals surface area (Å²) in [4.78, 5) is 49.2. The Morgan fingerprint density at radius 1 is 1.26 bits per heavy atom. The molecule has 1 aliphatic heterocycles. The van der Waals surface area contributed by atoms with Crippen molar-refractivity contribution in [3.8, 4) is 5.75 Å². The first-order valence-corrected chi connectivity index (χ1v) is 12.9. The van der Waals surface area contributed by atoms with Crippen LogP contribution in [0, 0.1) is 6.92 Å². The van der Waals surface area contributed by atoms with Crippen LogP contribution in [0.5, 0.6) is 5.75 Å². The third-order valence-electron chi connectivity index (χ3n) is 5.83. The lowest BCUT2D eigenvalue weighted by Crippen LogP contribution is -2.29. The third kappa shape index (κ3) is 5.35. The number of ketones is 1. The van der Waals surface area contributed by atoms with E-state index in [-0.39, 0.29) is 27.9 Å². The molecule has 0 radical (unpaired) electrons. The van der Waals surface area contributed by atoms with E-state index in [2.05, 4.69) is 23.5 Å². The van der Waals surface area contributed by atoms with Gasteiger partial charge in [0.1, 0.15) is 23.0 Å². The first-order chi connectivity index (χ1) is 18.4. The summed E-state index contributed by atoms with van der Waals surface area (Å²) in [6, 6.07) is 9.08. The number of unbranched alkanes of at least 4 members (excludes halogenated alkanes) is 1. The zero-order valence-electron chi connectivity index (χ0n) is 21.0. The second-order valence-electron chi connectivity index (χ2n) is 8.48. The van der Waals surface area contributed by atoms with Gasteiger partial charge in [-0.25, -0.2) is 9.78 Å². The minimum Gasteiger partial charge on any atom is -0.507 e. The number of rotatable bonds is 10. The minimum absolute atomic E-state index is 0.0208. The van der Waals surface area contributed by atoms with Crippen molar-refractivity contribution in [2.24, 2.45) is 0 Å². The van der Waals surface area contributed by atoms with E-state index in [0.717, 1.165) is 24.2 Å². The molecule has 1 fully saturated rings. The predicted molar refractivity (Wildman–Crippen MR) is 143 cm³/mol. The Bertz CT molecular complexity index is 1400. The van der Waals surface area contributed by atoms with Crippen LogP contribution in [0.4, 0.5) is 5.13 Å². The molecule has 0 saturated carbocycles. The van der Waals surface area contributed by atoms with Gasteiger partial charge in [0.05, 0.1) is 23.9 Å². The van der Waals surface area contributed by atoms with Gasteiger partial charge in [-0.1, -0.05) is 55.5 Å². The van der Waals surface area contributed by atoms with Crippen molar-refractivity contribution < 1.29 is 29.0 Å². The Hall–Kier alpha value is -4.31. The zero-order chi connectivity index (χ0) is 27.2. The van der Waals surface area contributed by atoms with Crippen molar-refractivity contribution in [2.75, 3.05) is 18.1 Å². The molecular formula is C28H27N3O6S. The van der Waals surface area contributed by atoms with Crippen molar-refractivity contribution in [2.45, 2.75) is 32.7 Å². The fraction of sp³-hybridized carbons (Fsp3) is 0.250. The molecule has 3 heterocycles. The largest absolute Gasteiger partial charge is 0.507 e. The summed E-state index contributed by atoms with van der Waals surface area (Å²) in [6.07, 6.45) is 6.37. The summed E-state index contributed by atoms with van der Waals surface area (Å²) in [6.45, 7) is 7.74. The van der Waals surface area contributed by atoms with Crippen LogP contribution in [0.2, 0.25) is 0 Å². The summed E-state index contributed by atoms with van der Waals surface area (Å²) in [7, 11) is 0. The van der Waals surface area contributed by atoms with Crippen molar-refractivity contribution in [1.82, 2.24) is 9.97 Å². The monoisotopic (exact) mass is 533 g/mol. The van der Waals surface area contributed by atoms with Gasteiger partial charge in [-0.15, -0.1) is 0 Å². The molecule has 38 heavy (non-hydrogen) atoms. The van der Waals surface area contributed by atoms with E-state index >= 15 is 0 Å². The fourth-order valence-corrected chi connectivity index (χ4v) is 4.97. The van der Waals surface area contributed by atoms with Crippen LogP contribution >= 0.6 is 11.3 Å². The van der Waals surface area contributed by atoms with Crippen LogP contribution in [0.3, 0.4) is 0 Å². The molecule has 1 aliphatic rings. The number of ether oxygens (including phenoxy) is 2. The maximum Gasteiger partial charge on any atom is 0.350 e. The number of esters is 1. The van der Waals surface area contributed by atoms with Crippen LogP contribution in [-0.2, 0) is 14.3 Å². The highest BCUT2D eigenvalue weighted by atomic mass is 32.1. The molecule has 3 aromatic rings. The first-order valence-electron chi connectivity index (χ1n) is 12.1. The van der Waals surface area contributed by atoms with E-state index in [0.29, 0.717) is 29.2 Å². The SMILES string of the molecule is C=CCOC(=O)c1sc(N2C(=O)C(=O)/C(=C(/O)c3cccc(OCCCC)c3)C2c2cccnc2)nc1C. The van der Waals surface area contributed by atoms with Gasteiger partial charge in [-0.2, -0.15) is 0 Å². The normalized spacial score (nSPS) is 16.5. The molecule has 2 aromatic heterocycles. The highest BCUT2D eigenvalue weighted by molar-refractivity contribution is 7.17. The number of carbonyl (C=O) groups is 3. The first kappa shape index (κ1) is 26.7. The fourth-order valence-electron chi connectivity index (χ4n) is 3.98. The standard InChI is InChI=1S/C28H27N3O6S/c1-4-6-14-36-20-11-7-9-18(15-20)23(32)21-22(19-10-8-12-29-16-19)31(26(34)24(21)33)28-30-17(3)25(38-28)27(35)37-13-5-2/h5,7-12,15-16,22,32H,2,4,6,13-14H2,1,3H3/b23-21+. The molecule has 10 heteroatoms. The van der Waals surface area contributed by atoms with Gasteiger partial charge in [-0.05, 0) is 37.1 Å². The molecule has 0 aliphatic carbocycles. The van der Waals surface area contributed by atoms with E-state index in [9.17, 15) is 19.5 Å². The molecular weight excluding hydrogens is 506 g/mol. The number of nitrogens with zero attached hydrogens (tertiary/aromatic N) is 3. The van der Waals surface area contributed by atoms with Gasteiger partial charge in [0, 0.05) is 18.0 Å². The highest BCUT2D eigenvalue weighted by Crippen LogP contribution is 2.43. The Kier molecular flexibility index (Phi) is 8.32. The Morgan fingerprint density at radius 3 is 2.79 bits per heavy atom. The van der Waals surface area contributed by atoms with Gasteiger partial charge in [0.25, 0.3) is 5.78 Å². The molecule has 1 aromatic carbocycles. The number of thiazole rings is 1. The lowest BCUT2D eigenvalue weighted by Gasteiger charge is -2.22. The zero-order valence-corrected chi connectivity index (χ0v) is 21.9. The van der Waals surface area contributed by atoms with Gasteiger partial charge in [-0.3, -0.25) is 19.5 Å². The summed E-state index contributed by atoms with van der Waals surface area (Å²) < 4.78 is 10.9. The number of aryl methyl sites for hydroxylation is 1. The lowest BCUT2D eigenvalue weighted by atomic mass is 9.96. The van der Waals surface area contributed by atoms with Gasteiger partial charge in [0.15, 0.2) is 5.13 Å². The Labute approximate surface area is 224 Å². The van der Waals surface area contributed by atoms with Gasteiger partial charge < -0.3 is 14.6 Å². The molecule has 1 N–H and O–H groups in total. The molecule has 1 saturated heterocycles. The smallest absolute Gasteiger partial charge is 0.350 e. The van der Waals surface area contributed by atoms with Crippen LogP contribution < -0.4 is 9.64 Å². The van der Waals surface area contributed by atoms with E-state index in [1.54, 1.807) is 49.5 Å². The lowest BCUT2D eigenvalue weighted by molar-refractivity contribution is -0.132. The average Bonchev–Trinajstić information content (AvgIpc) is 3.44. The van der Waals surface area contributed by atoms with Crippen LogP contribution in [0.25, 0.3) is 5.76 Å². The molecule has 1 amide bonds. The summed E-state index contributed by atoms with van der Waals surface area (Å²) in [5, 5.41) is 11.5. The maximum absolute atomic E-state index is 13.4. The number of anilines is 1. The number of carbonyl (C=O) groups excluding carboxylic acids is 3. The number of aliphatic hydroxyl groups is 1. The van der Waals surface area contributed by atoms with Crippen molar-refractivity contribution in [3.05, 3.63) is 88.7 Å². The number of hydrogen-bond acceptors (Lipinski definition) is 9. The summed E-state index contributed by atoms with van der Waals surface area (Å²) in [5.74, 6) is -2.18. The molecule has 9 nitrogen and oxygen atoms in total. The van der Waals surface area contributed by atoms with Gasteiger partial charge in [0.2, 0.25) is 0 Å². The number of pyridine rings is 1. The molecule has 1 atom stereocenters. The predicted octanol–water partition coefficient (Wildman–Crippen LogP) is 4.99. The highest BCUT2D eigenvalue weighted by Gasteiger charge is 2.48. The number of aromatic nitrogens is 2. The van der Waals surface area contributed by atoms with Gasteiger partial charge >= 0.3 is 11.9 Å².